The number of amides is 7. The van der Waals surface area contributed by atoms with Gasteiger partial charge in [0.25, 0.3) is 11.8 Å². The largest absolute Gasteiger partial charge is 0.480 e. The van der Waals surface area contributed by atoms with Crippen molar-refractivity contribution in [3.8, 4) is 0 Å². The minimum Gasteiger partial charge on any atom is -0.480 e. The van der Waals surface area contributed by atoms with Crippen LogP contribution in [-0.2, 0) is 56.1 Å². The van der Waals surface area contributed by atoms with E-state index in [-0.39, 0.29) is 49.8 Å². The Morgan fingerprint density at radius 1 is 0.675 bits per heavy atom. The third kappa shape index (κ3) is 14.6. The molecular formula is C48H71F3N12O17. The van der Waals surface area contributed by atoms with Crippen LogP contribution in [0.3, 0.4) is 0 Å². The molecule has 6 aliphatic rings. The van der Waals surface area contributed by atoms with E-state index in [4.69, 9.17) is 23.1 Å². The standard InChI is InChI=1S/C18H27N5O6.C15H24N2O6.C13H19N5O4.C2HF3O/c1-11(24)13(14(25)19-8-12-21-20-10-28-12)22-9-18(15(22)26)6-5-7-23(18)16(27)29-17(2,3)4;1-9(18)10(11(19)20)16-8-15(12(16)21)6-5-7-17(15)13(22)23-14(2,3)4;1-8(19)10(11(20)14-5-9-17-16-7-22-9)18-6-13(12(18)21)3-2-4-15-13;3-2(4,5)1-6/h10-11,13,24H,5-9H2,1-4H3,(H,19,25);9-10,18H,5-8H2,1-4H3,(H,19,20);7-8,10,15,19H,2-6H2,1H3,(H,14,20);1H/t11-,13+,18?;9-,10+,15?;8-,10+,13?;/m111./s1. The van der Waals surface area contributed by atoms with Gasteiger partial charge in [0.15, 0.2) is 6.04 Å². The quantitative estimate of drug-likeness (QED) is 0.0993. The van der Waals surface area contributed by atoms with Crippen LogP contribution >= 0.6 is 0 Å². The van der Waals surface area contributed by atoms with Gasteiger partial charge >= 0.3 is 24.3 Å². The minimum absolute atomic E-state index is 0.0146. The first kappa shape index (κ1) is 63.8. The van der Waals surface area contributed by atoms with Crippen molar-refractivity contribution >= 4 is 54.0 Å². The number of aliphatic hydroxyl groups is 3. The summed E-state index contributed by atoms with van der Waals surface area (Å²) >= 11 is 0. The van der Waals surface area contributed by atoms with Crippen LogP contribution in [0.5, 0.6) is 0 Å². The summed E-state index contributed by atoms with van der Waals surface area (Å²) in [6, 6.07) is -3.30. The van der Waals surface area contributed by atoms with Gasteiger partial charge in [-0.2, -0.15) is 13.2 Å². The molecule has 3 unspecified atom stereocenters. The summed E-state index contributed by atoms with van der Waals surface area (Å²) in [6.07, 6.45) is -3.73. The van der Waals surface area contributed by atoms with Crippen LogP contribution in [-0.4, -0.2) is 229 Å². The van der Waals surface area contributed by atoms with E-state index in [1.807, 2.05) is 0 Å². The van der Waals surface area contributed by atoms with Crippen molar-refractivity contribution in [2.75, 3.05) is 39.3 Å². The molecule has 0 aliphatic carbocycles. The van der Waals surface area contributed by atoms with E-state index in [1.54, 1.807) is 41.5 Å². The van der Waals surface area contributed by atoms with E-state index in [0.717, 1.165) is 30.7 Å². The van der Waals surface area contributed by atoms with Crippen molar-refractivity contribution in [3.63, 3.8) is 0 Å². The van der Waals surface area contributed by atoms with Crippen LogP contribution in [0.4, 0.5) is 22.8 Å². The van der Waals surface area contributed by atoms with E-state index in [9.17, 15) is 72.0 Å². The molecule has 29 nitrogen and oxygen atoms in total. The van der Waals surface area contributed by atoms with Gasteiger partial charge in [-0.05, 0) is 107 Å². The van der Waals surface area contributed by atoms with Crippen LogP contribution in [0.25, 0.3) is 0 Å². The Kier molecular flexibility index (Phi) is 20.1. The summed E-state index contributed by atoms with van der Waals surface area (Å²) in [4.78, 5) is 115. The molecule has 7 N–H and O–H groups in total. The van der Waals surface area contributed by atoms with Crippen LogP contribution in [0.15, 0.2) is 21.6 Å². The number of likely N-dealkylation sites (tertiary alicyclic amines) is 5. The molecule has 6 fully saturated rings. The molecule has 0 radical (unpaired) electrons. The highest BCUT2D eigenvalue weighted by Crippen LogP contribution is 2.43. The summed E-state index contributed by atoms with van der Waals surface area (Å²) in [5.74, 6) is -2.68. The molecule has 32 heteroatoms. The maximum Gasteiger partial charge on any atom is 0.446 e. The van der Waals surface area contributed by atoms with Crippen LogP contribution in [0.1, 0.15) is 113 Å². The molecule has 446 valence electrons. The number of ether oxygens (including phenoxy) is 2. The number of alkyl halides is 3. The zero-order valence-corrected chi connectivity index (χ0v) is 45.9. The molecule has 2 aromatic heterocycles. The number of nitrogens with one attached hydrogen (secondary N) is 3. The number of carboxylic acids is 1. The number of nitrogens with zero attached hydrogens (tertiary/aromatic N) is 9. The van der Waals surface area contributed by atoms with Gasteiger partial charge in [-0.3, -0.25) is 38.6 Å². The van der Waals surface area contributed by atoms with Crippen LogP contribution < -0.4 is 16.0 Å². The van der Waals surface area contributed by atoms with E-state index >= 15 is 0 Å². The minimum atomic E-state index is -4.64. The van der Waals surface area contributed by atoms with E-state index in [2.05, 4.69) is 36.3 Å². The van der Waals surface area contributed by atoms with Gasteiger partial charge in [0, 0.05) is 19.6 Å². The number of rotatable bonds is 13. The molecule has 6 aliphatic heterocycles. The summed E-state index contributed by atoms with van der Waals surface area (Å²) < 4.78 is 51.9. The maximum atomic E-state index is 13.1. The van der Waals surface area contributed by atoms with Crippen molar-refractivity contribution in [1.29, 1.82) is 0 Å². The third-order valence-corrected chi connectivity index (χ3v) is 13.7. The molecule has 80 heavy (non-hydrogen) atoms. The molecule has 3 spiro atoms. The molecule has 9 atom stereocenters. The zero-order valence-electron chi connectivity index (χ0n) is 45.9. The number of aliphatic hydroxyl groups excluding tert-OH is 3. The lowest BCUT2D eigenvalue weighted by Gasteiger charge is -2.53. The smallest absolute Gasteiger partial charge is 0.446 e. The van der Waals surface area contributed by atoms with Gasteiger partial charge in [-0.1, -0.05) is 0 Å². The van der Waals surface area contributed by atoms with Crippen molar-refractivity contribution in [3.05, 3.63) is 24.6 Å². The molecular weight excluding hydrogens is 1070 g/mol. The normalized spacial score (nSPS) is 24.5. The topological polar surface area (TPSA) is 383 Å². The number of hydrogen-bond donors (Lipinski definition) is 7. The number of carbonyl (C=O) groups excluding carboxylic acids is 8. The Balaban J connectivity index is 0.000000211. The van der Waals surface area contributed by atoms with Gasteiger partial charge in [-0.15, -0.1) is 20.4 Å². The lowest BCUT2D eigenvalue weighted by molar-refractivity contribution is -0.176. The second kappa shape index (κ2) is 25.2. The molecule has 0 saturated carbocycles. The zero-order chi connectivity index (χ0) is 59.9. The Hall–Kier alpha value is -7.06. The van der Waals surface area contributed by atoms with Crippen LogP contribution in [0.2, 0.25) is 0 Å². The number of aliphatic carboxylic acids is 1. The molecule has 2 aromatic rings. The summed E-state index contributed by atoms with van der Waals surface area (Å²) in [6.45, 7) is 17.2. The second-order valence-corrected chi connectivity index (χ2v) is 22.1. The Morgan fingerprint density at radius 2 is 1.06 bits per heavy atom. The predicted molar refractivity (Wildman–Crippen MR) is 263 cm³/mol. The van der Waals surface area contributed by atoms with Gasteiger partial charge < -0.3 is 69.4 Å². The molecule has 7 amide bonds. The second-order valence-electron chi connectivity index (χ2n) is 22.1. The molecule has 6 saturated heterocycles. The number of halogens is 3. The fourth-order valence-electron chi connectivity index (χ4n) is 10.2. The fraction of sp³-hybridized carbons (Fsp3) is 0.729. The first-order valence-electron chi connectivity index (χ1n) is 25.7. The maximum absolute atomic E-state index is 13.1. The average Bonchev–Trinajstić information content (AvgIpc) is 4.22. The number of hydrogen-bond acceptors (Lipinski definition) is 21. The monoisotopic (exact) mass is 1140 g/mol. The molecule has 0 aromatic carbocycles. The van der Waals surface area contributed by atoms with E-state index in [1.165, 1.54) is 46.8 Å². The third-order valence-electron chi connectivity index (χ3n) is 13.7. The van der Waals surface area contributed by atoms with E-state index < -0.39 is 113 Å². The highest BCUT2D eigenvalue weighted by molar-refractivity contribution is 6.01. The predicted octanol–water partition coefficient (Wildman–Crippen LogP) is -0.373. The Labute approximate surface area is 457 Å². The summed E-state index contributed by atoms with van der Waals surface area (Å²) in [7, 11) is 0. The first-order valence-corrected chi connectivity index (χ1v) is 25.7. The lowest BCUT2D eigenvalue weighted by atomic mass is 9.83. The summed E-state index contributed by atoms with van der Waals surface area (Å²) in [5, 5.41) is 61.6. The van der Waals surface area contributed by atoms with Gasteiger partial charge in [0.05, 0.1) is 44.5 Å². The highest BCUT2D eigenvalue weighted by atomic mass is 19.4. The summed E-state index contributed by atoms with van der Waals surface area (Å²) in [5.41, 5.74) is -3.91. The van der Waals surface area contributed by atoms with Crippen molar-refractivity contribution in [2.24, 2.45) is 0 Å². The molecule has 8 rings (SSSR count). The number of aldehydes is 1. The van der Waals surface area contributed by atoms with Crippen molar-refractivity contribution in [1.82, 2.24) is 60.8 Å². The van der Waals surface area contributed by atoms with Crippen molar-refractivity contribution in [2.45, 2.75) is 184 Å². The number of carbonyl (C=O) groups is 9. The molecule has 0 bridgehead atoms. The van der Waals surface area contributed by atoms with Crippen LogP contribution in [0, 0.1) is 0 Å². The average molecular weight is 1150 g/mol. The highest BCUT2D eigenvalue weighted by Gasteiger charge is 2.64. The fourth-order valence-corrected chi connectivity index (χ4v) is 10.2. The SMILES string of the molecule is C[C@@H](O)[C@@H](C(=O)NCc1nnco1)N1CC2(CCCN2)C1=O.C[C@@H](O)[C@@H](C(=O)NCc1nnco1)N1CC2(CCCN2C(=O)OC(C)(C)C)C1=O.C[C@@H](O)[C@@H](C(=O)O)N1CC2(CCCN2C(=O)OC(C)(C)C)C1=O.O=CC(F)(F)F. The number of carboxylic acid groups (broad SMARTS) is 1. The lowest BCUT2D eigenvalue weighted by Crippen LogP contribution is -2.77. The number of β-lactam (4-membered cyclic amide) rings is 3. The van der Waals surface area contributed by atoms with Gasteiger partial charge in [0.2, 0.25) is 48.6 Å². The Morgan fingerprint density at radius 3 is 1.35 bits per heavy atom. The van der Waals surface area contributed by atoms with Gasteiger partial charge in [-0.25, -0.2) is 14.4 Å². The Bertz CT molecular complexity index is 2530. The van der Waals surface area contributed by atoms with Crippen molar-refractivity contribution < 1.29 is 95.1 Å². The van der Waals surface area contributed by atoms with Gasteiger partial charge in [0.1, 0.15) is 39.9 Å². The number of aromatic nitrogens is 4. The first-order chi connectivity index (χ1) is 37.1. The van der Waals surface area contributed by atoms with E-state index in [0.29, 0.717) is 45.3 Å². The molecule has 8 heterocycles.